The normalized spacial score (nSPS) is 15.0. The number of carbonyl (C=O) groups is 2. The molecule has 6 heteroatoms. The summed E-state index contributed by atoms with van der Waals surface area (Å²) in [4.78, 5) is 27.7. The van der Waals surface area contributed by atoms with Gasteiger partial charge in [0.1, 0.15) is 5.75 Å². The zero-order chi connectivity index (χ0) is 17.7. The highest BCUT2D eigenvalue weighted by Gasteiger charge is 2.22. The van der Waals surface area contributed by atoms with Gasteiger partial charge in [0.05, 0.1) is 20.6 Å². The Morgan fingerprint density at radius 2 is 1.67 bits per heavy atom. The van der Waals surface area contributed by atoms with Crippen LogP contribution in [0.2, 0.25) is 0 Å². The van der Waals surface area contributed by atoms with E-state index in [2.05, 4.69) is 0 Å². The smallest absolute Gasteiger partial charge is 0.409 e. The molecule has 1 aromatic carbocycles. The maximum atomic E-state index is 12.6. The predicted molar refractivity (Wildman–Crippen MR) is 91.3 cm³/mol. The van der Waals surface area contributed by atoms with E-state index in [1.807, 2.05) is 30.9 Å². The maximum absolute atomic E-state index is 12.6. The molecule has 1 aliphatic heterocycles. The van der Waals surface area contributed by atoms with Crippen LogP contribution < -0.4 is 4.74 Å². The summed E-state index contributed by atoms with van der Waals surface area (Å²) in [7, 11) is 3.03. The zero-order valence-electron chi connectivity index (χ0n) is 14.9. The molecule has 1 heterocycles. The minimum absolute atomic E-state index is 0.0920. The largest absolute Gasteiger partial charge is 0.496 e. The molecule has 1 saturated heterocycles. The molecule has 6 nitrogen and oxygen atoms in total. The Morgan fingerprint density at radius 3 is 2.33 bits per heavy atom. The molecule has 1 aromatic rings. The predicted octanol–water partition coefficient (Wildman–Crippen LogP) is 2.16. The molecular formula is C18H26N2O4. The molecule has 0 unspecified atom stereocenters. The molecule has 2 amide bonds. The topological polar surface area (TPSA) is 59.1 Å². The summed E-state index contributed by atoms with van der Waals surface area (Å²) in [5.41, 5.74) is 3.10. The quantitative estimate of drug-likeness (QED) is 0.850. The fraction of sp³-hybridized carbons (Fsp3) is 0.556. The number of rotatable bonds is 3. The first kappa shape index (κ1) is 18.1. The monoisotopic (exact) mass is 334 g/mol. The van der Waals surface area contributed by atoms with Gasteiger partial charge in [-0.05, 0) is 43.0 Å². The molecule has 1 aliphatic rings. The lowest BCUT2D eigenvalue weighted by Gasteiger charge is -2.22. The van der Waals surface area contributed by atoms with Crippen LogP contribution in [0.15, 0.2) is 12.1 Å². The van der Waals surface area contributed by atoms with Gasteiger partial charge in [0.2, 0.25) is 5.91 Å². The van der Waals surface area contributed by atoms with Crippen molar-refractivity contribution in [2.75, 3.05) is 40.4 Å². The standard InChI is InChI=1S/C18H26N2O4/c1-13-11-16(23-3)14(2)10-15(13)12-17(21)19-6-5-7-20(9-8-19)18(22)24-4/h10-11H,5-9,12H2,1-4H3. The second-order valence-electron chi connectivity index (χ2n) is 6.12. The maximum Gasteiger partial charge on any atom is 0.409 e. The van der Waals surface area contributed by atoms with Crippen LogP contribution in [0.25, 0.3) is 0 Å². The highest BCUT2D eigenvalue weighted by atomic mass is 16.5. The summed E-state index contributed by atoms with van der Waals surface area (Å²) >= 11 is 0. The number of hydrogen-bond donors (Lipinski definition) is 0. The fourth-order valence-electron chi connectivity index (χ4n) is 3.01. The van der Waals surface area contributed by atoms with Crippen molar-refractivity contribution >= 4 is 12.0 Å². The van der Waals surface area contributed by atoms with Crippen LogP contribution in [-0.2, 0) is 16.0 Å². The third-order valence-corrected chi connectivity index (χ3v) is 4.48. The summed E-state index contributed by atoms with van der Waals surface area (Å²) < 4.78 is 10.1. The van der Waals surface area contributed by atoms with Crippen molar-refractivity contribution in [1.82, 2.24) is 9.80 Å². The highest BCUT2D eigenvalue weighted by Crippen LogP contribution is 2.23. The van der Waals surface area contributed by atoms with Crippen molar-refractivity contribution in [3.8, 4) is 5.75 Å². The second kappa shape index (κ2) is 8.04. The summed E-state index contributed by atoms with van der Waals surface area (Å²) in [6.45, 7) is 6.32. The van der Waals surface area contributed by atoms with Crippen molar-refractivity contribution in [1.29, 1.82) is 0 Å². The molecule has 0 bridgehead atoms. The Hall–Kier alpha value is -2.24. The van der Waals surface area contributed by atoms with Gasteiger partial charge in [-0.25, -0.2) is 4.79 Å². The molecule has 0 spiro atoms. The Balaban J connectivity index is 2.02. The third-order valence-electron chi connectivity index (χ3n) is 4.48. The van der Waals surface area contributed by atoms with Gasteiger partial charge in [-0.15, -0.1) is 0 Å². The second-order valence-corrected chi connectivity index (χ2v) is 6.12. The van der Waals surface area contributed by atoms with Gasteiger partial charge in [-0.2, -0.15) is 0 Å². The molecule has 24 heavy (non-hydrogen) atoms. The van der Waals surface area contributed by atoms with E-state index in [9.17, 15) is 9.59 Å². The number of benzene rings is 1. The van der Waals surface area contributed by atoms with Crippen molar-refractivity contribution in [2.45, 2.75) is 26.7 Å². The average Bonchev–Trinajstić information content (AvgIpc) is 2.83. The number of ether oxygens (including phenoxy) is 2. The summed E-state index contributed by atoms with van der Waals surface area (Å²) in [6.07, 6.45) is 0.807. The van der Waals surface area contributed by atoms with E-state index in [0.717, 1.165) is 28.9 Å². The summed E-state index contributed by atoms with van der Waals surface area (Å²) in [5.74, 6) is 0.932. The van der Waals surface area contributed by atoms with Gasteiger partial charge in [0.25, 0.3) is 0 Å². The molecular weight excluding hydrogens is 308 g/mol. The highest BCUT2D eigenvalue weighted by molar-refractivity contribution is 5.79. The average molecular weight is 334 g/mol. The molecule has 2 rings (SSSR count). The molecule has 0 atom stereocenters. The molecule has 0 N–H and O–H groups in total. The van der Waals surface area contributed by atoms with Crippen molar-refractivity contribution in [2.24, 2.45) is 0 Å². The number of hydrogen-bond acceptors (Lipinski definition) is 4. The van der Waals surface area contributed by atoms with Crippen molar-refractivity contribution in [3.05, 3.63) is 28.8 Å². The van der Waals surface area contributed by atoms with E-state index in [1.165, 1.54) is 7.11 Å². The van der Waals surface area contributed by atoms with Crippen LogP contribution >= 0.6 is 0 Å². The number of methoxy groups -OCH3 is 2. The number of carbonyl (C=O) groups excluding carboxylic acids is 2. The van der Waals surface area contributed by atoms with Crippen LogP contribution in [0.5, 0.6) is 5.75 Å². The van der Waals surface area contributed by atoms with Gasteiger partial charge >= 0.3 is 6.09 Å². The van der Waals surface area contributed by atoms with Crippen LogP contribution in [0, 0.1) is 13.8 Å². The lowest BCUT2D eigenvalue weighted by molar-refractivity contribution is -0.130. The van der Waals surface area contributed by atoms with Gasteiger partial charge in [-0.1, -0.05) is 6.07 Å². The molecule has 0 radical (unpaired) electrons. The minimum atomic E-state index is -0.328. The van der Waals surface area contributed by atoms with E-state index in [4.69, 9.17) is 9.47 Å². The van der Waals surface area contributed by atoms with Crippen molar-refractivity contribution < 1.29 is 19.1 Å². The Morgan fingerprint density at radius 1 is 1.00 bits per heavy atom. The lowest BCUT2D eigenvalue weighted by atomic mass is 10.0. The van der Waals surface area contributed by atoms with Gasteiger partial charge in [0.15, 0.2) is 0 Å². The number of aryl methyl sites for hydroxylation is 2. The third kappa shape index (κ3) is 4.19. The fourth-order valence-corrected chi connectivity index (χ4v) is 3.01. The number of amides is 2. The Bertz CT molecular complexity index is 615. The first-order valence-electron chi connectivity index (χ1n) is 8.21. The van der Waals surface area contributed by atoms with E-state index >= 15 is 0 Å². The summed E-state index contributed by atoms with van der Waals surface area (Å²) in [5, 5.41) is 0. The van der Waals surface area contributed by atoms with Crippen LogP contribution in [0.3, 0.4) is 0 Å². The Kier molecular flexibility index (Phi) is 6.06. The van der Waals surface area contributed by atoms with Gasteiger partial charge in [-0.3, -0.25) is 4.79 Å². The van der Waals surface area contributed by atoms with E-state index in [1.54, 1.807) is 12.0 Å². The lowest BCUT2D eigenvalue weighted by Crippen LogP contribution is -2.38. The van der Waals surface area contributed by atoms with Crippen LogP contribution in [0.4, 0.5) is 4.79 Å². The SMILES string of the molecule is COC(=O)N1CCCN(C(=O)Cc2cc(C)c(OC)cc2C)CC1. The van der Waals surface area contributed by atoms with Crippen LogP contribution in [-0.4, -0.2) is 62.2 Å². The van der Waals surface area contributed by atoms with Gasteiger partial charge < -0.3 is 19.3 Å². The van der Waals surface area contributed by atoms with Gasteiger partial charge in [0, 0.05) is 26.2 Å². The number of nitrogens with zero attached hydrogens (tertiary/aromatic N) is 2. The molecule has 0 saturated carbocycles. The van der Waals surface area contributed by atoms with E-state index in [-0.39, 0.29) is 12.0 Å². The van der Waals surface area contributed by atoms with E-state index in [0.29, 0.717) is 32.6 Å². The first-order valence-corrected chi connectivity index (χ1v) is 8.21. The molecule has 0 aromatic heterocycles. The van der Waals surface area contributed by atoms with Crippen LogP contribution in [0.1, 0.15) is 23.1 Å². The summed E-state index contributed by atoms with van der Waals surface area (Å²) in [6, 6.07) is 3.99. The molecule has 0 aliphatic carbocycles. The zero-order valence-corrected chi connectivity index (χ0v) is 14.9. The molecule has 1 fully saturated rings. The minimum Gasteiger partial charge on any atom is -0.496 e. The van der Waals surface area contributed by atoms with Crippen molar-refractivity contribution in [3.63, 3.8) is 0 Å². The first-order chi connectivity index (χ1) is 11.5. The molecule has 132 valence electrons. The van der Waals surface area contributed by atoms with E-state index < -0.39 is 0 Å². The Labute approximate surface area is 143 Å².